The lowest BCUT2D eigenvalue weighted by molar-refractivity contribution is -0.159. The summed E-state index contributed by atoms with van der Waals surface area (Å²) in [7, 11) is -0.751. The van der Waals surface area contributed by atoms with Crippen molar-refractivity contribution in [2.24, 2.45) is 0 Å². The number of hydrogen-bond donors (Lipinski definition) is 0. The summed E-state index contributed by atoms with van der Waals surface area (Å²) < 4.78 is 52.6. The van der Waals surface area contributed by atoms with Crippen molar-refractivity contribution < 1.29 is 27.4 Å². The van der Waals surface area contributed by atoms with Crippen LogP contribution in [0.2, 0.25) is 0 Å². The first kappa shape index (κ1) is 25.4. The van der Waals surface area contributed by atoms with Crippen LogP contribution in [0.1, 0.15) is 19.4 Å². The van der Waals surface area contributed by atoms with E-state index in [1.165, 1.54) is 24.3 Å². The molecule has 1 unspecified atom stereocenters. The fourth-order valence-electron chi connectivity index (χ4n) is 3.66. The summed E-state index contributed by atoms with van der Waals surface area (Å²) in [5.74, 6) is -1.87. The maximum Gasteiger partial charge on any atom is 0.345 e. The molecule has 184 valence electrons. The number of ether oxygens (including phenoxy) is 2. The minimum atomic E-state index is -1.03. The van der Waals surface area contributed by atoms with Gasteiger partial charge in [0, 0.05) is 18.2 Å². The number of esters is 1. The molecule has 36 heavy (non-hydrogen) atoms. The van der Waals surface area contributed by atoms with E-state index in [2.05, 4.69) is 0 Å². The van der Waals surface area contributed by atoms with E-state index in [1.54, 1.807) is 50.2 Å². The van der Waals surface area contributed by atoms with Gasteiger partial charge in [0.05, 0.1) is 10.9 Å². The number of benzene rings is 4. The van der Waals surface area contributed by atoms with E-state index in [0.717, 1.165) is 15.9 Å². The predicted molar refractivity (Wildman–Crippen MR) is 132 cm³/mol. The van der Waals surface area contributed by atoms with Crippen LogP contribution in [0, 0.1) is 17.5 Å². The van der Waals surface area contributed by atoms with Crippen molar-refractivity contribution in [3.05, 3.63) is 120 Å². The van der Waals surface area contributed by atoms with Crippen molar-refractivity contribution in [2.75, 3.05) is 6.61 Å². The standard InChI is InChI=1S/C29H24F3O3S/c1-29(2,20-7-6-8-21(30)15-20)35-28(33)19-34-24-11-13-26(14-12-24)36(25-9-4-3-5-10-25)27-17-22(31)16-23(32)18-27/h3-18H,19H2,1-2H3/q+1. The van der Waals surface area contributed by atoms with Crippen LogP contribution in [0.3, 0.4) is 0 Å². The van der Waals surface area contributed by atoms with Gasteiger partial charge in [-0.05, 0) is 67.9 Å². The first-order chi connectivity index (χ1) is 17.2. The van der Waals surface area contributed by atoms with Crippen LogP contribution < -0.4 is 4.74 Å². The summed E-state index contributed by atoms with van der Waals surface area (Å²) in [6.45, 7) is 3.01. The fourth-order valence-corrected chi connectivity index (χ4v) is 5.78. The summed E-state index contributed by atoms with van der Waals surface area (Å²) in [5, 5.41) is 0. The second-order valence-corrected chi connectivity index (χ2v) is 10.5. The first-order valence-corrected chi connectivity index (χ1v) is 12.4. The molecular formula is C29H24F3O3S+. The SMILES string of the molecule is CC(C)(OC(=O)COc1ccc([S+](c2ccccc2)c2cc(F)cc(F)c2)cc1)c1cccc(F)c1. The molecule has 0 amide bonds. The van der Waals surface area contributed by atoms with Gasteiger partial charge >= 0.3 is 5.97 Å². The van der Waals surface area contributed by atoms with Gasteiger partial charge in [-0.1, -0.05) is 30.3 Å². The summed E-state index contributed by atoms with van der Waals surface area (Å²) in [4.78, 5) is 14.6. The molecule has 7 heteroatoms. The highest BCUT2D eigenvalue weighted by molar-refractivity contribution is 7.97. The zero-order valence-electron chi connectivity index (χ0n) is 19.7. The molecule has 0 radical (unpaired) electrons. The lowest BCUT2D eigenvalue weighted by atomic mass is 9.98. The number of carbonyl (C=O) groups is 1. The average Bonchev–Trinajstić information content (AvgIpc) is 2.84. The molecule has 0 aliphatic heterocycles. The third-order valence-corrected chi connectivity index (χ3v) is 7.55. The Morgan fingerprint density at radius 3 is 2.00 bits per heavy atom. The van der Waals surface area contributed by atoms with Gasteiger partial charge in [-0.25, -0.2) is 18.0 Å². The Balaban J connectivity index is 1.47. The molecule has 3 nitrogen and oxygen atoms in total. The van der Waals surface area contributed by atoms with Gasteiger partial charge in [0.1, 0.15) is 28.8 Å². The van der Waals surface area contributed by atoms with E-state index in [-0.39, 0.29) is 6.61 Å². The van der Waals surface area contributed by atoms with E-state index in [4.69, 9.17) is 9.47 Å². The minimum absolute atomic E-state index is 0.336. The maximum absolute atomic E-state index is 14.0. The van der Waals surface area contributed by atoms with Crippen LogP contribution in [-0.4, -0.2) is 12.6 Å². The second-order valence-electron chi connectivity index (χ2n) is 8.48. The van der Waals surface area contributed by atoms with Crippen LogP contribution in [-0.2, 0) is 26.0 Å². The third kappa shape index (κ3) is 6.29. The molecule has 1 atom stereocenters. The smallest absolute Gasteiger partial charge is 0.345 e. The highest BCUT2D eigenvalue weighted by atomic mass is 32.2. The Morgan fingerprint density at radius 2 is 1.36 bits per heavy atom. The Morgan fingerprint density at radius 1 is 0.722 bits per heavy atom. The Labute approximate surface area is 210 Å². The van der Waals surface area contributed by atoms with Crippen LogP contribution >= 0.6 is 0 Å². The van der Waals surface area contributed by atoms with Crippen molar-refractivity contribution in [1.29, 1.82) is 0 Å². The van der Waals surface area contributed by atoms with E-state index in [0.29, 0.717) is 16.2 Å². The zero-order chi connectivity index (χ0) is 25.7. The number of hydrogen-bond acceptors (Lipinski definition) is 3. The van der Waals surface area contributed by atoms with Crippen LogP contribution in [0.4, 0.5) is 13.2 Å². The van der Waals surface area contributed by atoms with Crippen molar-refractivity contribution in [3.8, 4) is 5.75 Å². The van der Waals surface area contributed by atoms with Gasteiger partial charge in [-0.15, -0.1) is 0 Å². The molecule has 0 aliphatic rings. The minimum Gasteiger partial charge on any atom is -0.482 e. The fraction of sp³-hybridized carbons (Fsp3) is 0.138. The van der Waals surface area contributed by atoms with E-state index in [1.807, 2.05) is 30.3 Å². The lowest BCUT2D eigenvalue weighted by Gasteiger charge is -2.25. The predicted octanol–water partition coefficient (Wildman–Crippen LogP) is 7.06. The largest absolute Gasteiger partial charge is 0.482 e. The van der Waals surface area contributed by atoms with Crippen molar-refractivity contribution in [1.82, 2.24) is 0 Å². The monoisotopic (exact) mass is 509 g/mol. The molecule has 4 aromatic rings. The third-order valence-electron chi connectivity index (χ3n) is 5.36. The van der Waals surface area contributed by atoms with Crippen LogP contribution in [0.5, 0.6) is 5.75 Å². The molecule has 0 aromatic heterocycles. The van der Waals surface area contributed by atoms with E-state index < -0.39 is 39.9 Å². The van der Waals surface area contributed by atoms with Gasteiger partial charge in [-0.3, -0.25) is 0 Å². The second kappa shape index (κ2) is 10.9. The van der Waals surface area contributed by atoms with Gasteiger partial charge in [-0.2, -0.15) is 0 Å². The molecule has 0 bridgehead atoms. The molecular weight excluding hydrogens is 485 g/mol. The molecule has 0 saturated carbocycles. The molecule has 4 rings (SSSR count). The highest BCUT2D eigenvalue weighted by Gasteiger charge is 2.30. The molecule has 0 heterocycles. The molecule has 0 saturated heterocycles. The molecule has 0 spiro atoms. The van der Waals surface area contributed by atoms with Crippen molar-refractivity contribution in [3.63, 3.8) is 0 Å². The Hall–Kier alpha value is -3.71. The zero-order valence-corrected chi connectivity index (χ0v) is 20.5. The molecule has 0 fully saturated rings. The highest BCUT2D eigenvalue weighted by Crippen LogP contribution is 2.33. The topological polar surface area (TPSA) is 35.5 Å². The van der Waals surface area contributed by atoms with E-state index >= 15 is 0 Å². The lowest BCUT2D eigenvalue weighted by Crippen LogP contribution is -2.28. The maximum atomic E-state index is 14.0. The van der Waals surface area contributed by atoms with Crippen molar-refractivity contribution >= 4 is 16.9 Å². The Kier molecular flexibility index (Phi) is 7.70. The van der Waals surface area contributed by atoms with Gasteiger partial charge in [0.2, 0.25) is 0 Å². The van der Waals surface area contributed by atoms with Crippen LogP contribution in [0.15, 0.2) is 112 Å². The summed E-state index contributed by atoms with van der Waals surface area (Å²) >= 11 is 0. The molecule has 0 aliphatic carbocycles. The summed E-state index contributed by atoms with van der Waals surface area (Å²) in [6, 6.07) is 25.8. The van der Waals surface area contributed by atoms with Gasteiger partial charge in [0.15, 0.2) is 21.3 Å². The van der Waals surface area contributed by atoms with Crippen molar-refractivity contribution in [2.45, 2.75) is 34.1 Å². The van der Waals surface area contributed by atoms with Gasteiger partial charge < -0.3 is 9.47 Å². The quantitative estimate of drug-likeness (QED) is 0.189. The molecule has 4 aromatic carbocycles. The van der Waals surface area contributed by atoms with E-state index in [9.17, 15) is 18.0 Å². The average molecular weight is 510 g/mol. The number of rotatable bonds is 8. The molecule has 0 N–H and O–H groups in total. The number of carbonyl (C=O) groups excluding carboxylic acids is 1. The summed E-state index contributed by atoms with van der Waals surface area (Å²) in [5.41, 5.74) is -0.502. The normalized spacial score (nSPS) is 12.1. The number of halogens is 3. The Bertz CT molecular complexity index is 1320. The first-order valence-electron chi connectivity index (χ1n) is 11.2. The van der Waals surface area contributed by atoms with Crippen LogP contribution in [0.25, 0.3) is 0 Å². The summed E-state index contributed by atoms with van der Waals surface area (Å²) in [6.07, 6.45) is 0. The van der Waals surface area contributed by atoms with Gasteiger partial charge in [0.25, 0.3) is 0 Å².